The van der Waals surface area contributed by atoms with E-state index >= 15 is 0 Å². The van der Waals surface area contributed by atoms with Crippen LogP contribution in [0.2, 0.25) is 0 Å². The second kappa shape index (κ2) is 13.0. The Hall–Kier alpha value is -2.49. The number of carbonyl (C=O) groups excluding carboxylic acids is 1. The van der Waals surface area contributed by atoms with E-state index in [4.69, 9.17) is 9.73 Å². The van der Waals surface area contributed by atoms with Gasteiger partial charge in [-0.25, -0.2) is 0 Å². The number of piperazine rings is 1. The lowest BCUT2D eigenvalue weighted by atomic mass is 10.2. The van der Waals surface area contributed by atoms with Crippen molar-refractivity contribution >= 4 is 41.5 Å². The third-order valence-corrected chi connectivity index (χ3v) is 5.03. The zero-order chi connectivity index (χ0) is 21.2. The van der Waals surface area contributed by atoms with E-state index in [-0.39, 0.29) is 29.9 Å². The fraction of sp³-hybridized carbons (Fsp3) is 0.391. The van der Waals surface area contributed by atoms with Gasteiger partial charge in [0.15, 0.2) is 5.96 Å². The monoisotopic (exact) mass is 537 g/mol. The molecule has 1 aliphatic rings. The van der Waals surface area contributed by atoms with Crippen molar-refractivity contribution in [2.45, 2.75) is 6.92 Å². The number of benzene rings is 2. The Morgan fingerprint density at radius 3 is 2.45 bits per heavy atom. The number of halogens is 1. The first-order chi connectivity index (χ1) is 14.7. The first kappa shape index (κ1) is 24.8. The molecule has 1 saturated heterocycles. The van der Waals surface area contributed by atoms with Crippen LogP contribution in [-0.4, -0.2) is 69.7 Å². The maximum Gasteiger partial charge on any atom is 0.251 e. The van der Waals surface area contributed by atoms with Crippen LogP contribution in [0.25, 0.3) is 0 Å². The number of ether oxygens (including phenoxy) is 1. The first-order valence-electron chi connectivity index (χ1n) is 10.5. The number of para-hydroxylation sites is 1. The molecule has 3 rings (SSSR count). The van der Waals surface area contributed by atoms with Crippen LogP contribution in [0.15, 0.2) is 59.6 Å². The quantitative estimate of drug-likeness (QED) is 0.246. The van der Waals surface area contributed by atoms with Gasteiger partial charge in [-0.3, -0.25) is 9.79 Å². The van der Waals surface area contributed by atoms with E-state index in [0.29, 0.717) is 24.4 Å². The smallest absolute Gasteiger partial charge is 0.251 e. The number of hydrogen-bond donors (Lipinski definition) is 2. The summed E-state index contributed by atoms with van der Waals surface area (Å²) < 4.78 is 5.17. The standard InChI is InChI=1S/C23H31N5O2.HI/c1-3-24-23(28-16-14-27(15-17-28)20-9-5-4-6-10-20)26-13-12-25-22(29)19-8-7-11-21(18-19)30-2;/h4-11,18H,3,12-17H2,1-2H3,(H,24,26)(H,25,29);1H. The van der Waals surface area contributed by atoms with Crippen LogP contribution in [-0.2, 0) is 0 Å². The van der Waals surface area contributed by atoms with Crippen LogP contribution in [0, 0.1) is 0 Å². The van der Waals surface area contributed by atoms with Gasteiger partial charge in [0.2, 0.25) is 0 Å². The molecule has 0 aliphatic carbocycles. The number of aliphatic imine (C=N–C) groups is 1. The van der Waals surface area contributed by atoms with Gasteiger partial charge in [0.05, 0.1) is 13.7 Å². The van der Waals surface area contributed by atoms with Crippen molar-refractivity contribution in [3.8, 4) is 5.75 Å². The summed E-state index contributed by atoms with van der Waals surface area (Å²) in [6.45, 7) is 7.63. The molecule has 1 aliphatic heterocycles. The van der Waals surface area contributed by atoms with Gasteiger partial charge >= 0.3 is 0 Å². The maximum absolute atomic E-state index is 12.3. The third kappa shape index (κ3) is 7.30. The predicted octanol–water partition coefficient (Wildman–Crippen LogP) is 2.83. The Bertz CT molecular complexity index is 839. The van der Waals surface area contributed by atoms with Gasteiger partial charge in [-0.2, -0.15) is 0 Å². The molecule has 0 saturated carbocycles. The molecule has 0 radical (unpaired) electrons. The molecule has 2 aromatic rings. The summed E-state index contributed by atoms with van der Waals surface area (Å²) in [5.41, 5.74) is 1.85. The lowest BCUT2D eigenvalue weighted by Crippen LogP contribution is -2.52. The van der Waals surface area contributed by atoms with Crippen LogP contribution < -0.4 is 20.3 Å². The Labute approximate surface area is 201 Å². The van der Waals surface area contributed by atoms with E-state index in [1.807, 2.05) is 18.2 Å². The van der Waals surface area contributed by atoms with Crippen molar-refractivity contribution in [2.75, 3.05) is 57.8 Å². The van der Waals surface area contributed by atoms with E-state index in [1.54, 1.807) is 19.2 Å². The van der Waals surface area contributed by atoms with Crippen molar-refractivity contribution in [3.63, 3.8) is 0 Å². The van der Waals surface area contributed by atoms with Gasteiger partial charge in [-0.1, -0.05) is 24.3 Å². The van der Waals surface area contributed by atoms with Crippen molar-refractivity contribution in [1.82, 2.24) is 15.5 Å². The van der Waals surface area contributed by atoms with Gasteiger partial charge < -0.3 is 25.2 Å². The Balaban J connectivity index is 0.00000341. The maximum atomic E-state index is 12.3. The van der Waals surface area contributed by atoms with Gasteiger partial charge in [-0.15, -0.1) is 24.0 Å². The average molecular weight is 537 g/mol. The first-order valence-corrected chi connectivity index (χ1v) is 10.5. The second-order valence-electron chi connectivity index (χ2n) is 7.03. The molecule has 8 heteroatoms. The molecule has 2 N–H and O–H groups in total. The molecule has 2 aromatic carbocycles. The topological polar surface area (TPSA) is 69.2 Å². The van der Waals surface area contributed by atoms with E-state index < -0.39 is 0 Å². The van der Waals surface area contributed by atoms with Gasteiger partial charge in [0.1, 0.15) is 5.75 Å². The van der Waals surface area contributed by atoms with Crippen molar-refractivity contribution < 1.29 is 9.53 Å². The van der Waals surface area contributed by atoms with Crippen LogP contribution in [0.3, 0.4) is 0 Å². The van der Waals surface area contributed by atoms with E-state index in [0.717, 1.165) is 38.7 Å². The predicted molar refractivity (Wildman–Crippen MR) is 137 cm³/mol. The molecule has 31 heavy (non-hydrogen) atoms. The molecule has 0 unspecified atom stereocenters. The number of methoxy groups -OCH3 is 1. The minimum absolute atomic E-state index is 0. The van der Waals surface area contributed by atoms with Crippen molar-refractivity contribution in [3.05, 3.63) is 60.2 Å². The number of amides is 1. The van der Waals surface area contributed by atoms with Crippen LogP contribution >= 0.6 is 24.0 Å². The number of nitrogens with zero attached hydrogens (tertiary/aromatic N) is 3. The van der Waals surface area contributed by atoms with E-state index in [1.165, 1.54) is 5.69 Å². The number of guanidine groups is 1. The average Bonchev–Trinajstić information content (AvgIpc) is 2.81. The second-order valence-corrected chi connectivity index (χ2v) is 7.03. The molecule has 1 fully saturated rings. The fourth-order valence-electron chi connectivity index (χ4n) is 3.44. The summed E-state index contributed by atoms with van der Waals surface area (Å²) in [6.07, 6.45) is 0. The van der Waals surface area contributed by atoms with Gasteiger partial charge in [0.25, 0.3) is 5.91 Å². The molecule has 168 valence electrons. The Morgan fingerprint density at radius 1 is 1.03 bits per heavy atom. The number of rotatable bonds is 7. The van der Waals surface area contributed by atoms with Crippen molar-refractivity contribution in [2.24, 2.45) is 4.99 Å². The Morgan fingerprint density at radius 2 is 1.77 bits per heavy atom. The van der Waals surface area contributed by atoms with E-state index in [2.05, 4.69) is 51.6 Å². The fourth-order valence-corrected chi connectivity index (χ4v) is 3.44. The number of anilines is 1. The number of nitrogens with one attached hydrogen (secondary N) is 2. The highest BCUT2D eigenvalue weighted by atomic mass is 127. The molecule has 1 amide bonds. The van der Waals surface area contributed by atoms with Crippen LogP contribution in [0.4, 0.5) is 5.69 Å². The molecular weight excluding hydrogens is 505 g/mol. The normalized spacial score (nSPS) is 13.9. The SMILES string of the molecule is CCNC(=NCCNC(=O)c1cccc(OC)c1)N1CCN(c2ccccc2)CC1.I. The molecular formula is C23H32IN5O2. The molecule has 0 bridgehead atoms. The van der Waals surface area contributed by atoms with Gasteiger partial charge in [0, 0.05) is 50.5 Å². The molecule has 0 aromatic heterocycles. The largest absolute Gasteiger partial charge is 0.497 e. The summed E-state index contributed by atoms with van der Waals surface area (Å²) in [5, 5.41) is 6.29. The third-order valence-electron chi connectivity index (χ3n) is 5.03. The summed E-state index contributed by atoms with van der Waals surface area (Å²) in [4.78, 5) is 21.7. The number of carbonyl (C=O) groups is 1. The molecule has 0 spiro atoms. The Kier molecular flexibility index (Phi) is 10.4. The molecule has 1 heterocycles. The highest BCUT2D eigenvalue weighted by Crippen LogP contribution is 2.15. The number of hydrogen-bond acceptors (Lipinski definition) is 4. The van der Waals surface area contributed by atoms with Gasteiger partial charge in [-0.05, 0) is 37.3 Å². The van der Waals surface area contributed by atoms with E-state index in [9.17, 15) is 4.79 Å². The summed E-state index contributed by atoms with van der Waals surface area (Å²) in [6, 6.07) is 17.6. The highest BCUT2D eigenvalue weighted by Gasteiger charge is 2.19. The summed E-state index contributed by atoms with van der Waals surface area (Å²) in [5.74, 6) is 1.45. The minimum atomic E-state index is -0.120. The molecule has 7 nitrogen and oxygen atoms in total. The van der Waals surface area contributed by atoms with Crippen LogP contribution in [0.5, 0.6) is 5.75 Å². The zero-order valence-corrected chi connectivity index (χ0v) is 20.5. The summed E-state index contributed by atoms with van der Waals surface area (Å²) in [7, 11) is 1.59. The molecule has 0 atom stereocenters. The summed E-state index contributed by atoms with van der Waals surface area (Å²) >= 11 is 0. The zero-order valence-electron chi connectivity index (χ0n) is 18.2. The lowest BCUT2D eigenvalue weighted by Gasteiger charge is -2.37. The van der Waals surface area contributed by atoms with Crippen LogP contribution in [0.1, 0.15) is 17.3 Å². The minimum Gasteiger partial charge on any atom is -0.497 e. The lowest BCUT2D eigenvalue weighted by molar-refractivity contribution is 0.0954. The van der Waals surface area contributed by atoms with Crippen molar-refractivity contribution in [1.29, 1.82) is 0 Å². The highest BCUT2D eigenvalue weighted by molar-refractivity contribution is 14.0.